The monoisotopic (exact) mass is 866 g/mol. The van der Waals surface area contributed by atoms with Crippen molar-refractivity contribution < 1.29 is 29.7 Å². The first-order valence-electron chi connectivity index (χ1n) is 22.5. The van der Waals surface area contributed by atoms with Gasteiger partial charge in [-0.05, 0) is 143 Å². The van der Waals surface area contributed by atoms with Gasteiger partial charge in [0, 0.05) is 52.5 Å². The van der Waals surface area contributed by atoms with E-state index in [1.807, 2.05) is 58.0 Å². The Hall–Kier alpha value is -6.55. The number of carbonyl (C=O) groups is 3. The molecule has 5 rings (SSSR count). The third-order valence-corrected chi connectivity index (χ3v) is 11.4. The maximum absolute atomic E-state index is 11.5. The van der Waals surface area contributed by atoms with E-state index >= 15 is 0 Å². The number of hydrogen-bond donors (Lipinski definition) is 5. The van der Waals surface area contributed by atoms with Crippen LogP contribution < -0.4 is 0 Å². The second-order valence-corrected chi connectivity index (χ2v) is 16.1. The summed E-state index contributed by atoms with van der Waals surface area (Å²) < 4.78 is 0. The lowest BCUT2D eigenvalue weighted by Crippen LogP contribution is -1.97. The minimum Gasteiger partial charge on any atom is -0.481 e. The van der Waals surface area contributed by atoms with Crippen molar-refractivity contribution in [2.75, 3.05) is 0 Å². The highest BCUT2D eigenvalue weighted by molar-refractivity contribution is 5.97. The zero-order valence-electron chi connectivity index (χ0n) is 38.4. The van der Waals surface area contributed by atoms with Crippen molar-refractivity contribution in [1.29, 1.82) is 0 Å². The summed E-state index contributed by atoms with van der Waals surface area (Å²) in [5.74, 6) is -2.49. The van der Waals surface area contributed by atoms with Gasteiger partial charge in [0.25, 0.3) is 0 Å². The van der Waals surface area contributed by atoms with Gasteiger partial charge in [-0.25, -0.2) is 9.97 Å². The first-order valence-corrected chi connectivity index (χ1v) is 22.5. The highest BCUT2D eigenvalue weighted by atomic mass is 16.4. The van der Waals surface area contributed by atoms with Gasteiger partial charge in [0.1, 0.15) is 0 Å². The number of fused-ring (bicyclic) bond motifs is 8. The van der Waals surface area contributed by atoms with Crippen LogP contribution in [0.1, 0.15) is 156 Å². The molecule has 0 aromatic carbocycles. The van der Waals surface area contributed by atoms with Crippen molar-refractivity contribution in [3.8, 4) is 0 Å². The van der Waals surface area contributed by atoms with Gasteiger partial charge in [-0.2, -0.15) is 0 Å². The van der Waals surface area contributed by atoms with Crippen LogP contribution in [-0.4, -0.2) is 53.2 Å². The highest BCUT2D eigenvalue weighted by Crippen LogP contribution is 2.38. The van der Waals surface area contributed by atoms with Gasteiger partial charge in [0.15, 0.2) is 0 Å². The Bertz CT molecular complexity index is 2540. The van der Waals surface area contributed by atoms with Crippen molar-refractivity contribution in [3.63, 3.8) is 0 Å². The van der Waals surface area contributed by atoms with Crippen LogP contribution in [0.2, 0.25) is 0 Å². The number of aliphatic carboxylic acids is 3. The summed E-state index contributed by atoms with van der Waals surface area (Å²) in [6.07, 6.45) is 31.5. The number of aromatic amines is 2. The fourth-order valence-corrected chi connectivity index (χ4v) is 7.70. The lowest BCUT2D eigenvalue weighted by atomic mass is 9.98. The van der Waals surface area contributed by atoms with Gasteiger partial charge in [0.05, 0.1) is 22.8 Å². The van der Waals surface area contributed by atoms with Gasteiger partial charge in [-0.1, -0.05) is 93.7 Å². The van der Waals surface area contributed by atoms with Crippen molar-refractivity contribution in [3.05, 3.63) is 131 Å². The predicted molar refractivity (Wildman–Crippen MR) is 265 cm³/mol. The average Bonchev–Trinajstić information content (AvgIpc) is 3.92. The summed E-state index contributed by atoms with van der Waals surface area (Å²) in [5.41, 5.74) is 13.7. The standard InChI is InChI=1S/C34H34N4O4.C20H32O2/c1-7-21-17(3)25-13-26-19(5)23(9-11-33(39)40)31(37-26)16-32-24(10-12-34(41)42)20(6)28(38-32)15-30-22(8-2)18(4)27(36-30)14-29(21)35-25;1-2-3-4-5-6-7-8-9-10-11-12-13-14-15-16-17-18-19-20(21)22/h7-8,13-16,35-36H,1-2,9-12H2,3-6H3,(H,39,40)(H,41,42);6-7,9-10,12-13,15-16H,2-5,8,11,14,17-19H2,1H3,(H,21,22)/b;7-6-,10-9-,13-12-,16-15-. The van der Waals surface area contributed by atoms with E-state index in [4.69, 9.17) is 15.1 Å². The number of rotatable bonds is 22. The number of nitrogens with one attached hydrogen (secondary N) is 2. The lowest BCUT2D eigenvalue weighted by Gasteiger charge is -2.05. The molecule has 8 bridgehead atoms. The van der Waals surface area contributed by atoms with Crippen LogP contribution in [0.4, 0.5) is 0 Å². The molecule has 0 spiro atoms. The maximum atomic E-state index is 11.5. The minimum atomic E-state index is -0.889. The normalized spacial score (nSPS) is 12.8. The van der Waals surface area contributed by atoms with E-state index in [0.29, 0.717) is 24.2 Å². The number of carboxylic acids is 3. The largest absolute Gasteiger partial charge is 0.481 e. The van der Waals surface area contributed by atoms with E-state index in [9.17, 15) is 24.6 Å². The fraction of sp³-hybridized carbons (Fsp3) is 0.352. The number of allylic oxidation sites excluding steroid dienone is 12. The topological polar surface area (TPSA) is 169 Å². The molecular formula is C54H66N4O6. The van der Waals surface area contributed by atoms with Crippen LogP contribution in [0.25, 0.3) is 56.5 Å². The molecule has 2 aliphatic rings. The molecule has 64 heavy (non-hydrogen) atoms. The first kappa shape index (κ1) is 50.1. The average molecular weight is 867 g/mol. The van der Waals surface area contributed by atoms with Crippen molar-refractivity contribution in [2.45, 2.75) is 125 Å². The maximum Gasteiger partial charge on any atom is 0.303 e. The first-order chi connectivity index (χ1) is 30.8. The van der Waals surface area contributed by atoms with Gasteiger partial charge in [-0.15, -0.1) is 0 Å². The number of nitrogens with zero attached hydrogens (tertiary/aromatic N) is 2. The molecule has 3 aromatic rings. The van der Waals surface area contributed by atoms with Crippen LogP contribution >= 0.6 is 0 Å². The lowest BCUT2D eigenvalue weighted by molar-refractivity contribution is -0.138. The van der Waals surface area contributed by atoms with Gasteiger partial charge >= 0.3 is 17.9 Å². The second kappa shape index (κ2) is 25.5. The summed E-state index contributed by atoms with van der Waals surface area (Å²) in [6, 6.07) is 7.88. The molecule has 0 radical (unpaired) electrons. The number of hydrogen-bond acceptors (Lipinski definition) is 5. The molecule has 10 nitrogen and oxygen atoms in total. The van der Waals surface area contributed by atoms with Gasteiger partial charge in [-0.3, -0.25) is 14.4 Å². The Morgan fingerprint density at radius 2 is 0.938 bits per heavy atom. The summed E-state index contributed by atoms with van der Waals surface area (Å²) in [5, 5.41) is 27.4. The van der Waals surface area contributed by atoms with Crippen LogP contribution in [0.3, 0.4) is 0 Å². The van der Waals surface area contributed by atoms with E-state index < -0.39 is 17.9 Å². The van der Waals surface area contributed by atoms with E-state index in [1.165, 1.54) is 25.7 Å². The van der Waals surface area contributed by atoms with E-state index in [-0.39, 0.29) is 19.3 Å². The summed E-state index contributed by atoms with van der Waals surface area (Å²) in [7, 11) is 0. The number of carboxylic acid groups (broad SMARTS) is 3. The zero-order valence-corrected chi connectivity index (χ0v) is 38.4. The number of aromatic nitrogens is 4. The van der Waals surface area contributed by atoms with Crippen molar-refractivity contribution in [2.24, 2.45) is 0 Å². The number of aryl methyl sites for hydroxylation is 2. The molecule has 0 amide bonds. The Labute approximate surface area is 378 Å². The van der Waals surface area contributed by atoms with Crippen molar-refractivity contribution in [1.82, 2.24) is 19.9 Å². The smallest absolute Gasteiger partial charge is 0.303 e. The molecule has 0 saturated carbocycles. The molecular weight excluding hydrogens is 801 g/mol. The van der Waals surface area contributed by atoms with E-state index in [0.717, 1.165) is 110 Å². The second-order valence-electron chi connectivity index (χ2n) is 16.1. The fourth-order valence-electron chi connectivity index (χ4n) is 7.70. The SMILES string of the molecule is C=Cc1c(C)c2cc3[nH]c(cc4nc(cc5nc(cc1[nH]2)C(C)=C5CCC(=O)O)C(CCC(=O)O)=C4C)c(C)c3C=C.CCCCC/C=C\C/C=C\C/C=C\C/C=C\CCCC(=O)O. The zero-order chi connectivity index (χ0) is 46.6. The molecule has 10 heteroatoms. The Kier molecular flexibility index (Phi) is 20.0. The Balaban J connectivity index is 0.000000347. The van der Waals surface area contributed by atoms with Gasteiger partial charge in [0.2, 0.25) is 0 Å². The van der Waals surface area contributed by atoms with E-state index in [1.54, 1.807) is 0 Å². The quantitative estimate of drug-likeness (QED) is 0.0491. The van der Waals surface area contributed by atoms with Crippen LogP contribution in [0.15, 0.2) is 86.0 Å². The molecule has 5 N–H and O–H groups in total. The summed E-state index contributed by atoms with van der Waals surface area (Å²) in [6.45, 7) is 18.3. The summed E-state index contributed by atoms with van der Waals surface area (Å²) >= 11 is 0. The van der Waals surface area contributed by atoms with Crippen LogP contribution in [0, 0.1) is 13.8 Å². The predicted octanol–water partition coefficient (Wildman–Crippen LogP) is 14.0. The van der Waals surface area contributed by atoms with Crippen LogP contribution in [-0.2, 0) is 14.4 Å². The molecule has 0 saturated heterocycles. The van der Waals surface area contributed by atoms with E-state index in [2.05, 4.69) is 84.7 Å². The van der Waals surface area contributed by atoms with Crippen LogP contribution in [0.5, 0.6) is 0 Å². The molecule has 3 aromatic heterocycles. The summed E-state index contributed by atoms with van der Waals surface area (Å²) in [4.78, 5) is 50.3. The Morgan fingerprint density at radius 1 is 0.531 bits per heavy atom. The molecule has 0 unspecified atom stereocenters. The molecule has 0 fully saturated rings. The van der Waals surface area contributed by atoms with Gasteiger partial charge < -0.3 is 25.3 Å². The van der Waals surface area contributed by atoms with Crippen molar-refractivity contribution >= 4 is 74.4 Å². The third kappa shape index (κ3) is 14.5. The molecule has 0 aliphatic carbocycles. The number of H-pyrrole nitrogens is 2. The number of unbranched alkanes of at least 4 members (excludes halogenated alkanes) is 4. The molecule has 338 valence electrons. The molecule has 2 aliphatic heterocycles. The highest BCUT2D eigenvalue weighted by Gasteiger charge is 2.22. The minimum absolute atomic E-state index is 0.0367. The molecule has 5 heterocycles. The third-order valence-electron chi connectivity index (χ3n) is 11.4. The Morgan fingerprint density at radius 3 is 1.38 bits per heavy atom. The molecule has 0 atom stereocenters.